The second-order valence-electron chi connectivity index (χ2n) is 8.77. The number of nitrogens with one attached hydrogen (secondary N) is 1. The molecule has 34 heavy (non-hydrogen) atoms. The molecule has 3 aromatic carbocycles. The lowest BCUT2D eigenvalue weighted by atomic mass is 9.82. The van der Waals surface area contributed by atoms with Crippen LogP contribution in [0.3, 0.4) is 0 Å². The molecule has 1 saturated heterocycles. The van der Waals surface area contributed by atoms with Crippen LogP contribution >= 0.6 is 0 Å². The maximum atomic E-state index is 14.1. The first-order chi connectivity index (χ1) is 16.2. The Balaban J connectivity index is 1.63. The summed E-state index contributed by atoms with van der Waals surface area (Å²) in [5.74, 6) is -0.638. The van der Waals surface area contributed by atoms with E-state index in [0.29, 0.717) is 23.2 Å². The van der Waals surface area contributed by atoms with Crippen LogP contribution in [-0.4, -0.2) is 42.6 Å². The van der Waals surface area contributed by atoms with E-state index in [2.05, 4.69) is 5.32 Å². The topological polar surface area (TPSA) is 61.9 Å². The minimum absolute atomic E-state index is 0.0534. The van der Waals surface area contributed by atoms with E-state index in [-0.39, 0.29) is 18.3 Å². The number of ether oxygens (including phenoxy) is 1. The lowest BCUT2D eigenvalue weighted by molar-refractivity contribution is -0.131. The number of imide groups is 1. The van der Waals surface area contributed by atoms with Gasteiger partial charge >= 0.3 is 6.03 Å². The summed E-state index contributed by atoms with van der Waals surface area (Å²) < 4.78 is 19.1. The van der Waals surface area contributed by atoms with Crippen LogP contribution in [0.1, 0.15) is 27.8 Å². The van der Waals surface area contributed by atoms with Gasteiger partial charge in [-0.05, 0) is 49.7 Å². The Morgan fingerprint density at radius 2 is 1.50 bits per heavy atom. The Hall–Kier alpha value is -3.71. The number of rotatable bonds is 7. The first-order valence-electron chi connectivity index (χ1n) is 11.0. The number of carbonyl (C=O) groups is 2. The van der Waals surface area contributed by atoms with Crippen LogP contribution in [0.25, 0.3) is 0 Å². The monoisotopic (exact) mass is 461 g/mol. The summed E-state index contributed by atoms with van der Waals surface area (Å²) >= 11 is 0. The average Bonchev–Trinajstić information content (AvgIpc) is 3.05. The number of halogens is 1. The maximum Gasteiger partial charge on any atom is 0.326 e. The Kier molecular flexibility index (Phi) is 6.39. The van der Waals surface area contributed by atoms with Gasteiger partial charge in [-0.3, -0.25) is 9.69 Å². The van der Waals surface area contributed by atoms with Gasteiger partial charge in [-0.2, -0.15) is 0 Å². The molecule has 0 unspecified atom stereocenters. The van der Waals surface area contributed by atoms with Gasteiger partial charge in [0.15, 0.2) is 17.1 Å². The van der Waals surface area contributed by atoms with Crippen LogP contribution in [-0.2, 0) is 16.9 Å². The predicted octanol–water partition coefficient (Wildman–Crippen LogP) is 4.34. The van der Waals surface area contributed by atoms with Gasteiger partial charge in [0.05, 0.1) is 13.8 Å². The predicted molar refractivity (Wildman–Crippen MR) is 128 cm³/mol. The molecule has 1 heterocycles. The van der Waals surface area contributed by atoms with E-state index < -0.39 is 17.4 Å². The summed E-state index contributed by atoms with van der Waals surface area (Å²) in [6.07, 6.45) is 0. The zero-order valence-electron chi connectivity index (χ0n) is 19.8. The quantitative estimate of drug-likeness (QED) is 0.532. The molecule has 6 nitrogen and oxygen atoms in total. The van der Waals surface area contributed by atoms with Gasteiger partial charge in [0.1, 0.15) is 0 Å². The first kappa shape index (κ1) is 23.4. The number of benzene rings is 3. The Labute approximate surface area is 198 Å². The molecule has 7 heteroatoms. The fourth-order valence-corrected chi connectivity index (χ4v) is 4.28. The number of urea groups is 1. The van der Waals surface area contributed by atoms with Crippen molar-refractivity contribution in [2.45, 2.75) is 25.9 Å². The SMILES string of the molecule is COc1ccc(CN(C)CN2C(=O)NC(c3ccc(C)cc3)(c3ccc(C)cc3)C2=O)cc1F. The lowest BCUT2D eigenvalue weighted by Crippen LogP contribution is -2.46. The van der Waals surface area contributed by atoms with Crippen molar-refractivity contribution in [3.8, 4) is 5.75 Å². The standard InChI is InChI=1S/C27H28FN3O3/c1-18-5-10-21(11-6-18)27(22-12-7-19(2)8-13-22)25(32)31(26(33)29-27)17-30(3)16-20-9-14-24(34-4)23(28)15-20/h5-15H,16-17H2,1-4H3,(H,29,33). The molecule has 3 aromatic rings. The molecule has 3 amide bonds. The first-order valence-corrected chi connectivity index (χ1v) is 11.0. The molecule has 1 N–H and O–H groups in total. The number of methoxy groups -OCH3 is 1. The molecule has 0 radical (unpaired) electrons. The Morgan fingerprint density at radius 1 is 0.941 bits per heavy atom. The minimum Gasteiger partial charge on any atom is -0.494 e. The smallest absolute Gasteiger partial charge is 0.326 e. The van der Waals surface area contributed by atoms with Crippen LogP contribution in [0.2, 0.25) is 0 Å². The Bertz CT molecular complexity index is 1160. The summed E-state index contributed by atoms with van der Waals surface area (Å²) in [4.78, 5) is 30.0. The van der Waals surface area contributed by atoms with Crippen LogP contribution < -0.4 is 10.1 Å². The highest BCUT2D eigenvalue weighted by molar-refractivity contribution is 6.09. The van der Waals surface area contributed by atoms with Crippen molar-refractivity contribution in [3.05, 3.63) is 100 Å². The van der Waals surface area contributed by atoms with Gasteiger partial charge in [-0.1, -0.05) is 65.7 Å². The molecule has 4 rings (SSSR count). The van der Waals surface area contributed by atoms with E-state index in [1.165, 1.54) is 18.1 Å². The molecule has 0 aliphatic carbocycles. The van der Waals surface area contributed by atoms with Crippen molar-refractivity contribution in [1.82, 2.24) is 15.1 Å². The van der Waals surface area contributed by atoms with E-state index in [0.717, 1.165) is 11.1 Å². The van der Waals surface area contributed by atoms with Gasteiger partial charge in [-0.25, -0.2) is 14.1 Å². The van der Waals surface area contributed by atoms with Crippen LogP contribution in [0.15, 0.2) is 66.7 Å². The summed E-state index contributed by atoms with van der Waals surface area (Å²) in [7, 11) is 3.19. The second kappa shape index (κ2) is 9.27. The lowest BCUT2D eigenvalue weighted by Gasteiger charge is -2.29. The summed E-state index contributed by atoms with van der Waals surface area (Å²) in [6.45, 7) is 4.35. The van der Waals surface area contributed by atoms with Crippen molar-refractivity contribution >= 4 is 11.9 Å². The number of nitrogens with zero attached hydrogens (tertiary/aromatic N) is 2. The molecule has 1 aliphatic rings. The van der Waals surface area contributed by atoms with E-state index in [9.17, 15) is 14.0 Å². The number of carbonyl (C=O) groups excluding carboxylic acids is 2. The van der Waals surface area contributed by atoms with E-state index in [1.54, 1.807) is 24.1 Å². The number of hydrogen-bond acceptors (Lipinski definition) is 4. The molecule has 0 aromatic heterocycles. The molecule has 1 fully saturated rings. The molecule has 176 valence electrons. The summed E-state index contributed by atoms with van der Waals surface area (Å²) in [6, 6.07) is 19.5. The third kappa shape index (κ3) is 4.26. The molecule has 0 saturated carbocycles. The fourth-order valence-electron chi connectivity index (χ4n) is 4.28. The number of hydrogen-bond donors (Lipinski definition) is 1. The van der Waals surface area contributed by atoms with E-state index in [4.69, 9.17) is 4.74 Å². The summed E-state index contributed by atoms with van der Waals surface area (Å²) in [5, 5.41) is 2.97. The third-order valence-corrected chi connectivity index (χ3v) is 6.13. The van der Waals surface area contributed by atoms with Crippen LogP contribution in [0, 0.1) is 19.7 Å². The van der Waals surface area contributed by atoms with Crippen molar-refractivity contribution in [1.29, 1.82) is 0 Å². The van der Waals surface area contributed by atoms with Crippen molar-refractivity contribution in [2.24, 2.45) is 0 Å². The summed E-state index contributed by atoms with van der Waals surface area (Å²) in [5.41, 5.74) is 2.90. The van der Waals surface area contributed by atoms with Crippen molar-refractivity contribution in [3.63, 3.8) is 0 Å². The van der Waals surface area contributed by atoms with E-state index >= 15 is 0 Å². The van der Waals surface area contributed by atoms with Gasteiger partial charge in [0.2, 0.25) is 0 Å². The minimum atomic E-state index is -1.31. The largest absolute Gasteiger partial charge is 0.494 e. The fraction of sp³-hybridized carbons (Fsp3) is 0.259. The van der Waals surface area contributed by atoms with Gasteiger partial charge in [-0.15, -0.1) is 0 Å². The van der Waals surface area contributed by atoms with Gasteiger partial charge < -0.3 is 10.1 Å². The van der Waals surface area contributed by atoms with Crippen molar-refractivity contribution < 1.29 is 18.7 Å². The highest BCUT2D eigenvalue weighted by Crippen LogP contribution is 2.36. The second-order valence-corrected chi connectivity index (χ2v) is 8.77. The zero-order chi connectivity index (χ0) is 24.5. The molecule has 0 bridgehead atoms. The molecule has 1 aliphatic heterocycles. The van der Waals surface area contributed by atoms with Crippen molar-refractivity contribution in [2.75, 3.05) is 20.8 Å². The number of amides is 3. The zero-order valence-corrected chi connectivity index (χ0v) is 19.8. The average molecular weight is 462 g/mol. The third-order valence-electron chi connectivity index (χ3n) is 6.13. The highest BCUT2D eigenvalue weighted by atomic mass is 19.1. The molecule has 0 atom stereocenters. The Morgan fingerprint density at radius 3 is 2.00 bits per heavy atom. The molecular weight excluding hydrogens is 433 g/mol. The molecular formula is C27H28FN3O3. The number of aryl methyl sites for hydroxylation is 2. The normalized spacial score (nSPS) is 15.1. The van der Waals surface area contributed by atoms with Crippen LogP contribution in [0.4, 0.5) is 9.18 Å². The highest BCUT2D eigenvalue weighted by Gasteiger charge is 2.53. The maximum absolute atomic E-state index is 14.1. The molecule has 0 spiro atoms. The van der Waals surface area contributed by atoms with Crippen LogP contribution in [0.5, 0.6) is 5.75 Å². The van der Waals surface area contributed by atoms with Gasteiger partial charge in [0.25, 0.3) is 5.91 Å². The van der Waals surface area contributed by atoms with Gasteiger partial charge in [0, 0.05) is 6.54 Å². The van der Waals surface area contributed by atoms with E-state index in [1.807, 2.05) is 62.4 Å².